The van der Waals surface area contributed by atoms with Crippen molar-refractivity contribution in [1.82, 2.24) is 4.90 Å². The molecule has 1 fully saturated rings. The lowest BCUT2D eigenvalue weighted by Crippen LogP contribution is -2.43. The maximum absolute atomic E-state index is 11.8. The van der Waals surface area contributed by atoms with Crippen LogP contribution in [0.25, 0.3) is 0 Å². The molecule has 0 bridgehead atoms. The number of carbonyl (C=O) groups is 1. The van der Waals surface area contributed by atoms with Crippen LogP contribution in [0.3, 0.4) is 0 Å². The summed E-state index contributed by atoms with van der Waals surface area (Å²) >= 11 is 4.72. The maximum atomic E-state index is 11.8. The van der Waals surface area contributed by atoms with Gasteiger partial charge in [0.05, 0.1) is 24.1 Å². The fourth-order valence-electron chi connectivity index (χ4n) is 1.95. The number of hydrogen-bond donors (Lipinski definition) is 2. The van der Waals surface area contributed by atoms with Gasteiger partial charge in [-0.2, -0.15) is 0 Å². The van der Waals surface area contributed by atoms with Gasteiger partial charge in [0, 0.05) is 6.54 Å². The molecule has 0 aromatic carbocycles. The van der Waals surface area contributed by atoms with Gasteiger partial charge in [0.25, 0.3) is 0 Å². The molecular weight excluding hydrogens is 212 g/mol. The smallest absolute Gasteiger partial charge is 0.229 e. The van der Waals surface area contributed by atoms with E-state index in [9.17, 15) is 9.90 Å². The van der Waals surface area contributed by atoms with Crippen LogP contribution in [0.2, 0.25) is 0 Å². The van der Waals surface area contributed by atoms with Crippen molar-refractivity contribution >= 4 is 23.1 Å². The topological polar surface area (TPSA) is 66.6 Å². The summed E-state index contributed by atoms with van der Waals surface area (Å²) < 4.78 is 0. The first-order valence-corrected chi connectivity index (χ1v) is 5.74. The second-order valence-electron chi connectivity index (χ2n) is 3.92. The number of thiocarbonyl (C=S) groups is 1. The van der Waals surface area contributed by atoms with E-state index in [1.165, 1.54) is 0 Å². The Morgan fingerprint density at radius 3 is 2.80 bits per heavy atom. The Hall–Kier alpha value is -0.680. The highest BCUT2D eigenvalue weighted by Gasteiger charge is 2.24. The van der Waals surface area contributed by atoms with E-state index in [-0.39, 0.29) is 30.0 Å². The van der Waals surface area contributed by atoms with Gasteiger partial charge in [-0.3, -0.25) is 4.79 Å². The Labute approximate surface area is 95.4 Å². The lowest BCUT2D eigenvalue weighted by molar-refractivity contribution is -0.133. The zero-order valence-corrected chi connectivity index (χ0v) is 9.63. The van der Waals surface area contributed by atoms with E-state index in [0.717, 1.165) is 25.7 Å². The van der Waals surface area contributed by atoms with E-state index in [1.54, 1.807) is 4.90 Å². The van der Waals surface area contributed by atoms with Crippen molar-refractivity contribution in [1.29, 1.82) is 0 Å². The molecule has 4 nitrogen and oxygen atoms in total. The van der Waals surface area contributed by atoms with Gasteiger partial charge in [-0.15, -0.1) is 0 Å². The summed E-state index contributed by atoms with van der Waals surface area (Å²) in [5.41, 5.74) is 5.35. The lowest BCUT2D eigenvalue weighted by Gasteiger charge is -2.28. The Bertz CT molecular complexity index is 246. The van der Waals surface area contributed by atoms with Crippen molar-refractivity contribution in [2.24, 2.45) is 5.73 Å². The van der Waals surface area contributed by atoms with Crippen LogP contribution >= 0.6 is 12.2 Å². The van der Waals surface area contributed by atoms with Gasteiger partial charge in [-0.25, -0.2) is 0 Å². The minimum Gasteiger partial charge on any atom is -0.394 e. The number of carbonyl (C=O) groups excluding carboxylic acids is 1. The van der Waals surface area contributed by atoms with E-state index in [4.69, 9.17) is 18.0 Å². The summed E-state index contributed by atoms with van der Waals surface area (Å²) in [6.07, 6.45) is 4.18. The molecule has 1 heterocycles. The van der Waals surface area contributed by atoms with Gasteiger partial charge in [0.1, 0.15) is 0 Å². The Balaban J connectivity index is 2.61. The first-order chi connectivity index (χ1) is 7.15. The average molecular weight is 230 g/mol. The van der Waals surface area contributed by atoms with Crippen molar-refractivity contribution in [3.63, 3.8) is 0 Å². The van der Waals surface area contributed by atoms with Crippen molar-refractivity contribution in [2.75, 3.05) is 13.2 Å². The van der Waals surface area contributed by atoms with Crippen molar-refractivity contribution < 1.29 is 9.90 Å². The third-order valence-corrected chi connectivity index (χ3v) is 2.88. The summed E-state index contributed by atoms with van der Waals surface area (Å²) in [6, 6.07) is -0.0469. The van der Waals surface area contributed by atoms with Crippen LogP contribution in [-0.4, -0.2) is 40.1 Å². The number of rotatable bonds is 3. The van der Waals surface area contributed by atoms with Gasteiger partial charge >= 0.3 is 0 Å². The predicted molar refractivity (Wildman–Crippen MR) is 62.5 cm³/mol. The number of aliphatic hydroxyl groups is 1. The second kappa shape index (κ2) is 6.02. The summed E-state index contributed by atoms with van der Waals surface area (Å²) in [7, 11) is 0. The Morgan fingerprint density at radius 1 is 1.47 bits per heavy atom. The number of amides is 1. The molecule has 0 radical (unpaired) electrons. The molecule has 0 aromatic rings. The standard InChI is InChI=1S/C10H18N2O2S/c11-9(15)6-10(14)12-5-3-1-2-4-8(12)7-13/h8,13H,1-7H2,(H2,11,15). The fourth-order valence-corrected chi connectivity index (χ4v) is 2.07. The molecule has 1 aliphatic heterocycles. The highest BCUT2D eigenvalue weighted by Crippen LogP contribution is 2.17. The van der Waals surface area contributed by atoms with E-state index >= 15 is 0 Å². The van der Waals surface area contributed by atoms with E-state index < -0.39 is 0 Å². The normalized spacial score (nSPS) is 22.2. The van der Waals surface area contributed by atoms with Crippen LogP contribution in [0.15, 0.2) is 0 Å². The largest absolute Gasteiger partial charge is 0.394 e. The second-order valence-corrected chi connectivity index (χ2v) is 4.44. The first kappa shape index (κ1) is 12.4. The molecule has 5 heteroatoms. The Morgan fingerprint density at radius 2 is 2.20 bits per heavy atom. The molecular formula is C10H18N2O2S. The van der Waals surface area contributed by atoms with Gasteiger partial charge in [0.15, 0.2) is 0 Å². The summed E-state index contributed by atoms with van der Waals surface area (Å²) in [6.45, 7) is 0.746. The molecule has 1 atom stereocenters. The maximum Gasteiger partial charge on any atom is 0.229 e. The first-order valence-electron chi connectivity index (χ1n) is 5.33. The molecule has 1 amide bonds. The van der Waals surface area contributed by atoms with Crippen LogP contribution in [0.1, 0.15) is 32.1 Å². The van der Waals surface area contributed by atoms with E-state index in [2.05, 4.69) is 0 Å². The molecule has 1 rings (SSSR count). The average Bonchev–Trinajstić information content (AvgIpc) is 2.40. The molecule has 0 aliphatic carbocycles. The molecule has 0 saturated carbocycles. The van der Waals surface area contributed by atoms with Crippen molar-refractivity contribution in [3.8, 4) is 0 Å². The fraction of sp³-hybridized carbons (Fsp3) is 0.800. The molecule has 1 unspecified atom stereocenters. The van der Waals surface area contributed by atoms with Crippen LogP contribution in [-0.2, 0) is 4.79 Å². The van der Waals surface area contributed by atoms with Gasteiger partial charge < -0.3 is 15.7 Å². The van der Waals surface area contributed by atoms with E-state index in [0.29, 0.717) is 6.54 Å². The number of likely N-dealkylation sites (tertiary alicyclic amines) is 1. The predicted octanol–water partition coefficient (Wildman–Crippen LogP) is 0.426. The van der Waals surface area contributed by atoms with Gasteiger partial charge in [0.2, 0.25) is 5.91 Å². The minimum atomic E-state index is -0.0524. The van der Waals surface area contributed by atoms with Crippen molar-refractivity contribution in [3.05, 3.63) is 0 Å². The van der Waals surface area contributed by atoms with Crippen LogP contribution in [0, 0.1) is 0 Å². The molecule has 15 heavy (non-hydrogen) atoms. The highest BCUT2D eigenvalue weighted by molar-refractivity contribution is 7.80. The number of hydrogen-bond acceptors (Lipinski definition) is 3. The van der Waals surface area contributed by atoms with Crippen LogP contribution in [0.5, 0.6) is 0 Å². The molecule has 1 aliphatic rings. The quantitative estimate of drug-likeness (QED) is 0.690. The molecule has 1 saturated heterocycles. The summed E-state index contributed by atoms with van der Waals surface area (Å²) in [4.78, 5) is 13.7. The summed E-state index contributed by atoms with van der Waals surface area (Å²) in [5, 5.41) is 9.21. The molecule has 86 valence electrons. The van der Waals surface area contributed by atoms with Crippen LogP contribution in [0.4, 0.5) is 0 Å². The highest BCUT2D eigenvalue weighted by atomic mass is 32.1. The SMILES string of the molecule is NC(=S)CC(=O)N1CCCCCC1CO. The third kappa shape index (κ3) is 3.76. The van der Waals surface area contributed by atoms with Crippen molar-refractivity contribution in [2.45, 2.75) is 38.1 Å². The van der Waals surface area contributed by atoms with E-state index in [1.807, 2.05) is 0 Å². The zero-order chi connectivity index (χ0) is 11.3. The minimum absolute atomic E-state index is 0.0308. The van der Waals surface area contributed by atoms with Gasteiger partial charge in [-0.1, -0.05) is 25.1 Å². The lowest BCUT2D eigenvalue weighted by atomic mass is 10.1. The van der Waals surface area contributed by atoms with Crippen LogP contribution < -0.4 is 5.73 Å². The van der Waals surface area contributed by atoms with Gasteiger partial charge in [-0.05, 0) is 12.8 Å². The number of nitrogens with zero attached hydrogens (tertiary/aromatic N) is 1. The third-order valence-electron chi connectivity index (χ3n) is 2.73. The molecule has 0 aromatic heterocycles. The molecule has 3 N–H and O–H groups in total. The zero-order valence-electron chi connectivity index (χ0n) is 8.82. The summed E-state index contributed by atoms with van der Waals surface area (Å²) in [5.74, 6) is -0.0524. The Kier molecular flexibility index (Phi) is 4.98. The molecule has 0 spiro atoms. The number of aliphatic hydroxyl groups excluding tert-OH is 1. The number of nitrogens with two attached hydrogens (primary N) is 1. The monoisotopic (exact) mass is 230 g/mol.